The van der Waals surface area contributed by atoms with Gasteiger partial charge in [-0.15, -0.1) is 0 Å². The van der Waals surface area contributed by atoms with E-state index in [0.717, 1.165) is 33.9 Å². The lowest BCUT2D eigenvalue weighted by Crippen LogP contribution is -2.18. The molecule has 0 saturated carbocycles. The Kier molecular flexibility index (Phi) is 8.89. The standard InChI is InChI=1S/C34H30N4O3/c1-39-32-15-9-8-10-27(32)24-36-38-34(26-18-22-31(23-19-26)41-29-13-6-3-7-14-29)37-33(35)25-16-20-30(21-17-25)40-28-11-4-2-5-12-28/h2-23,36H,24H2,1H3,(H2,35,37,38). The van der Waals surface area contributed by atoms with Gasteiger partial charge in [-0.05, 0) is 78.9 Å². The Morgan fingerprint density at radius 3 is 1.66 bits per heavy atom. The Labute approximate surface area is 239 Å². The van der Waals surface area contributed by atoms with Crippen molar-refractivity contribution in [3.05, 3.63) is 150 Å². The van der Waals surface area contributed by atoms with Crippen LogP contribution in [-0.4, -0.2) is 18.8 Å². The number of rotatable bonds is 10. The first-order chi connectivity index (χ1) is 20.2. The van der Waals surface area contributed by atoms with Crippen LogP contribution >= 0.6 is 0 Å². The number of aliphatic imine (C=N–C) groups is 1. The molecule has 0 radical (unpaired) electrons. The van der Waals surface area contributed by atoms with Gasteiger partial charge in [0.05, 0.1) is 13.7 Å². The predicted octanol–water partition coefficient (Wildman–Crippen LogP) is 7.14. The van der Waals surface area contributed by atoms with Crippen molar-refractivity contribution in [2.75, 3.05) is 7.11 Å². The molecule has 0 aliphatic rings. The summed E-state index contributed by atoms with van der Waals surface area (Å²) in [4.78, 5) is 4.69. The molecule has 0 heterocycles. The van der Waals surface area contributed by atoms with Crippen molar-refractivity contribution in [3.8, 4) is 28.7 Å². The van der Waals surface area contributed by atoms with Crippen molar-refractivity contribution >= 4 is 11.7 Å². The van der Waals surface area contributed by atoms with E-state index in [1.807, 2.05) is 133 Å². The fourth-order valence-corrected chi connectivity index (χ4v) is 4.00. The monoisotopic (exact) mass is 542 g/mol. The van der Waals surface area contributed by atoms with Gasteiger partial charge in [-0.1, -0.05) is 54.6 Å². The fraction of sp³-hybridized carbons (Fsp3) is 0.0588. The number of para-hydroxylation sites is 3. The molecule has 0 aliphatic heterocycles. The molecule has 5 aromatic carbocycles. The Balaban J connectivity index is 1.37. The lowest BCUT2D eigenvalue weighted by atomic mass is 10.1. The summed E-state index contributed by atoms with van der Waals surface area (Å²) in [5.74, 6) is 4.44. The Morgan fingerprint density at radius 2 is 1.10 bits per heavy atom. The third-order valence-corrected chi connectivity index (χ3v) is 6.09. The zero-order chi connectivity index (χ0) is 28.3. The summed E-state index contributed by atoms with van der Waals surface area (Å²) < 4.78 is 17.3. The summed E-state index contributed by atoms with van der Waals surface area (Å²) in [6.07, 6.45) is 0. The summed E-state index contributed by atoms with van der Waals surface area (Å²) in [6.45, 7) is 0.448. The van der Waals surface area contributed by atoms with Crippen LogP contribution in [0.1, 0.15) is 16.7 Å². The van der Waals surface area contributed by atoms with Crippen molar-refractivity contribution < 1.29 is 14.2 Å². The van der Waals surface area contributed by atoms with Gasteiger partial charge in [-0.3, -0.25) is 0 Å². The largest absolute Gasteiger partial charge is 0.496 e. The molecular formula is C34H30N4O3. The van der Waals surface area contributed by atoms with Crippen LogP contribution in [0, 0.1) is 0 Å². The Morgan fingerprint density at radius 1 is 0.610 bits per heavy atom. The molecule has 7 heteroatoms. The normalized spacial score (nSPS) is 11.5. The van der Waals surface area contributed by atoms with E-state index in [1.165, 1.54) is 0 Å². The van der Waals surface area contributed by atoms with Crippen LogP contribution in [0.4, 0.5) is 0 Å². The maximum Gasteiger partial charge on any atom is 0.180 e. The highest BCUT2D eigenvalue weighted by Crippen LogP contribution is 2.23. The lowest BCUT2D eigenvalue weighted by molar-refractivity contribution is 0.408. The summed E-state index contributed by atoms with van der Waals surface area (Å²) in [5, 5.41) is 4.60. The van der Waals surface area contributed by atoms with Crippen molar-refractivity contribution in [3.63, 3.8) is 0 Å². The van der Waals surface area contributed by atoms with Gasteiger partial charge < -0.3 is 25.4 Å². The highest BCUT2D eigenvalue weighted by atomic mass is 16.5. The van der Waals surface area contributed by atoms with Gasteiger partial charge in [0, 0.05) is 16.7 Å². The lowest BCUT2D eigenvalue weighted by Gasteiger charge is -2.10. The highest BCUT2D eigenvalue weighted by Gasteiger charge is 2.09. The molecule has 0 bridgehead atoms. The molecule has 0 fully saturated rings. The first-order valence-electron chi connectivity index (χ1n) is 13.1. The number of ether oxygens (including phenoxy) is 3. The van der Waals surface area contributed by atoms with Gasteiger partial charge in [0.2, 0.25) is 0 Å². The van der Waals surface area contributed by atoms with Crippen molar-refractivity contribution in [1.82, 2.24) is 5.43 Å². The van der Waals surface area contributed by atoms with Gasteiger partial charge in [0.25, 0.3) is 0 Å². The second-order valence-electron chi connectivity index (χ2n) is 8.96. The first-order valence-corrected chi connectivity index (χ1v) is 13.1. The SMILES string of the molecule is COc1ccccc1CN/N=C(\N=C(N)c1ccc(Oc2ccccc2)cc1)c1ccc(Oc2ccccc2)cc1. The van der Waals surface area contributed by atoms with E-state index in [0.29, 0.717) is 29.7 Å². The van der Waals surface area contributed by atoms with Gasteiger partial charge in [0.15, 0.2) is 5.84 Å². The number of methoxy groups -OCH3 is 1. The van der Waals surface area contributed by atoms with Crippen molar-refractivity contribution in [2.24, 2.45) is 15.8 Å². The van der Waals surface area contributed by atoms with E-state index >= 15 is 0 Å². The third kappa shape index (κ3) is 7.52. The summed E-state index contributed by atoms with van der Waals surface area (Å²) in [7, 11) is 1.65. The number of amidine groups is 2. The molecule has 0 unspecified atom stereocenters. The number of hydrogen-bond donors (Lipinski definition) is 2. The van der Waals surface area contributed by atoms with Crippen LogP contribution in [-0.2, 0) is 6.54 Å². The number of benzene rings is 5. The van der Waals surface area contributed by atoms with Crippen LogP contribution in [0.3, 0.4) is 0 Å². The molecule has 0 saturated heterocycles. The molecule has 7 nitrogen and oxygen atoms in total. The summed E-state index contributed by atoms with van der Waals surface area (Å²) in [6, 6.07) is 42.0. The maximum absolute atomic E-state index is 6.45. The van der Waals surface area contributed by atoms with Crippen molar-refractivity contribution in [2.45, 2.75) is 6.54 Å². The highest BCUT2D eigenvalue weighted by molar-refractivity contribution is 6.10. The predicted molar refractivity (Wildman–Crippen MR) is 163 cm³/mol. The molecular weight excluding hydrogens is 512 g/mol. The molecule has 3 N–H and O–H groups in total. The minimum absolute atomic E-state index is 0.318. The number of nitrogens with two attached hydrogens (primary N) is 1. The van der Waals surface area contributed by atoms with E-state index in [9.17, 15) is 0 Å². The van der Waals surface area contributed by atoms with Gasteiger partial charge >= 0.3 is 0 Å². The smallest absolute Gasteiger partial charge is 0.180 e. The molecule has 5 rings (SSSR count). The van der Waals surface area contributed by atoms with Crippen molar-refractivity contribution in [1.29, 1.82) is 0 Å². The number of nitrogens with zero attached hydrogens (tertiary/aromatic N) is 2. The fourth-order valence-electron chi connectivity index (χ4n) is 4.00. The molecule has 0 atom stereocenters. The van der Waals surface area contributed by atoms with Crippen LogP contribution in [0.2, 0.25) is 0 Å². The van der Waals surface area contributed by atoms with Crippen LogP contribution < -0.4 is 25.4 Å². The molecule has 5 aromatic rings. The molecule has 0 spiro atoms. The van der Waals surface area contributed by atoms with Gasteiger partial charge in [-0.25, -0.2) is 4.99 Å². The van der Waals surface area contributed by atoms with E-state index in [1.54, 1.807) is 7.11 Å². The Bertz CT molecular complexity index is 1600. The Hall–Kier alpha value is -5.56. The average molecular weight is 543 g/mol. The van der Waals surface area contributed by atoms with Crippen LogP contribution in [0.25, 0.3) is 0 Å². The van der Waals surface area contributed by atoms with Gasteiger partial charge in [-0.2, -0.15) is 5.10 Å². The second-order valence-corrected chi connectivity index (χ2v) is 8.96. The zero-order valence-electron chi connectivity index (χ0n) is 22.6. The molecule has 0 amide bonds. The third-order valence-electron chi connectivity index (χ3n) is 6.09. The van der Waals surface area contributed by atoms with E-state index in [2.05, 4.69) is 15.5 Å². The summed E-state index contributed by atoms with van der Waals surface area (Å²) in [5.41, 5.74) is 12.0. The quantitative estimate of drug-likeness (QED) is 0.111. The first kappa shape index (κ1) is 27.0. The minimum Gasteiger partial charge on any atom is -0.496 e. The molecule has 204 valence electrons. The topological polar surface area (TPSA) is 90.5 Å². The van der Waals surface area contributed by atoms with Crippen LogP contribution in [0.5, 0.6) is 28.7 Å². The van der Waals surface area contributed by atoms with Crippen LogP contribution in [0.15, 0.2) is 144 Å². The minimum atomic E-state index is 0.318. The molecule has 41 heavy (non-hydrogen) atoms. The van der Waals surface area contributed by atoms with E-state index < -0.39 is 0 Å². The zero-order valence-corrected chi connectivity index (χ0v) is 22.6. The summed E-state index contributed by atoms with van der Waals surface area (Å²) >= 11 is 0. The van der Waals surface area contributed by atoms with E-state index in [-0.39, 0.29) is 0 Å². The number of hydrogen-bond acceptors (Lipinski definition) is 5. The molecule has 0 aromatic heterocycles. The van der Waals surface area contributed by atoms with E-state index in [4.69, 9.17) is 19.9 Å². The molecule has 0 aliphatic carbocycles. The van der Waals surface area contributed by atoms with Gasteiger partial charge in [0.1, 0.15) is 34.6 Å². The number of nitrogens with one attached hydrogen (secondary N) is 1. The maximum atomic E-state index is 6.45. The second kappa shape index (κ2) is 13.5. The number of hydrazone groups is 1. The average Bonchev–Trinajstić information content (AvgIpc) is 3.02.